The molecule has 4 heteroatoms. The van der Waals surface area contributed by atoms with Crippen LogP contribution in [0.25, 0.3) is 0 Å². The molecule has 0 aromatic carbocycles. The summed E-state index contributed by atoms with van der Waals surface area (Å²) in [6, 6.07) is 0. The predicted molar refractivity (Wildman–Crippen MR) is 72.7 cm³/mol. The molecule has 0 N–H and O–H groups in total. The second kappa shape index (κ2) is 6.51. The van der Waals surface area contributed by atoms with E-state index in [9.17, 15) is 9.59 Å². The summed E-state index contributed by atoms with van der Waals surface area (Å²) < 4.78 is 5.34. The molecule has 0 aromatic rings. The van der Waals surface area contributed by atoms with Gasteiger partial charge in [-0.15, -0.1) is 0 Å². The van der Waals surface area contributed by atoms with E-state index in [1.165, 1.54) is 0 Å². The van der Waals surface area contributed by atoms with Crippen molar-refractivity contribution in [1.82, 2.24) is 4.90 Å². The molecular formula is C15H25NO3. The zero-order chi connectivity index (χ0) is 13.8. The Balaban J connectivity index is 1.80. The van der Waals surface area contributed by atoms with Crippen LogP contribution in [0.5, 0.6) is 0 Å². The highest BCUT2D eigenvalue weighted by Crippen LogP contribution is 2.29. The highest BCUT2D eigenvalue weighted by molar-refractivity contribution is 5.81. The van der Waals surface area contributed by atoms with Gasteiger partial charge in [0.2, 0.25) is 5.91 Å². The monoisotopic (exact) mass is 267 g/mol. The lowest BCUT2D eigenvalue weighted by molar-refractivity contribution is -0.140. The van der Waals surface area contributed by atoms with Crippen molar-refractivity contribution in [3.05, 3.63) is 0 Å². The van der Waals surface area contributed by atoms with Crippen LogP contribution in [0.2, 0.25) is 0 Å². The second-order valence-electron chi connectivity index (χ2n) is 5.92. The van der Waals surface area contributed by atoms with Crippen LogP contribution < -0.4 is 0 Å². The number of ketones is 1. The van der Waals surface area contributed by atoms with Gasteiger partial charge in [0.15, 0.2) is 0 Å². The van der Waals surface area contributed by atoms with Crippen molar-refractivity contribution in [2.24, 2.45) is 11.8 Å². The Morgan fingerprint density at radius 1 is 0.947 bits per heavy atom. The average Bonchev–Trinajstić information content (AvgIpc) is 2.46. The van der Waals surface area contributed by atoms with Crippen LogP contribution in [0, 0.1) is 11.8 Å². The Kier molecular flexibility index (Phi) is 4.97. The fraction of sp³-hybridized carbons (Fsp3) is 0.867. The quantitative estimate of drug-likeness (QED) is 0.786. The molecule has 0 atom stereocenters. The lowest BCUT2D eigenvalue weighted by atomic mass is 9.85. The number of rotatable bonds is 3. The molecule has 1 saturated heterocycles. The fourth-order valence-corrected chi connectivity index (χ4v) is 3.31. The molecular weight excluding hydrogens is 242 g/mol. The van der Waals surface area contributed by atoms with Crippen molar-refractivity contribution in [2.75, 3.05) is 20.2 Å². The van der Waals surface area contributed by atoms with Gasteiger partial charge >= 0.3 is 0 Å². The van der Waals surface area contributed by atoms with Gasteiger partial charge in [-0.1, -0.05) is 0 Å². The SMILES string of the molecule is CO[C@H]1CC[C@H](C(=O)N2CCC(C(C)=O)CC2)CC1. The van der Waals surface area contributed by atoms with Crippen molar-refractivity contribution in [3.8, 4) is 0 Å². The van der Waals surface area contributed by atoms with Gasteiger partial charge in [-0.3, -0.25) is 9.59 Å². The molecule has 2 fully saturated rings. The van der Waals surface area contributed by atoms with Crippen molar-refractivity contribution >= 4 is 11.7 Å². The maximum atomic E-state index is 12.4. The Morgan fingerprint density at radius 3 is 2.00 bits per heavy atom. The number of piperidine rings is 1. The van der Waals surface area contributed by atoms with Crippen molar-refractivity contribution in [2.45, 2.75) is 51.6 Å². The molecule has 0 unspecified atom stereocenters. The first-order valence-electron chi connectivity index (χ1n) is 7.44. The van der Waals surface area contributed by atoms with E-state index in [4.69, 9.17) is 4.74 Å². The summed E-state index contributed by atoms with van der Waals surface area (Å²) in [6.07, 6.45) is 5.91. The summed E-state index contributed by atoms with van der Waals surface area (Å²) in [5, 5.41) is 0. The van der Waals surface area contributed by atoms with Crippen LogP contribution in [0.3, 0.4) is 0 Å². The zero-order valence-corrected chi connectivity index (χ0v) is 12.1. The van der Waals surface area contributed by atoms with Gasteiger partial charge in [-0.25, -0.2) is 0 Å². The molecule has 1 saturated carbocycles. The number of hydrogen-bond acceptors (Lipinski definition) is 3. The number of Topliss-reactive ketones (excluding diaryl/α,β-unsaturated/α-hetero) is 1. The van der Waals surface area contributed by atoms with Crippen molar-refractivity contribution in [1.29, 1.82) is 0 Å². The van der Waals surface area contributed by atoms with Crippen molar-refractivity contribution < 1.29 is 14.3 Å². The topological polar surface area (TPSA) is 46.6 Å². The average molecular weight is 267 g/mol. The first-order valence-corrected chi connectivity index (χ1v) is 7.44. The molecule has 1 amide bonds. The first kappa shape index (κ1) is 14.5. The minimum Gasteiger partial charge on any atom is -0.381 e. The summed E-state index contributed by atoms with van der Waals surface area (Å²) in [7, 11) is 1.75. The number of methoxy groups -OCH3 is 1. The first-order chi connectivity index (χ1) is 9.11. The maximum absolute atomic E-state index is 12.4. The molecule has 2 aliphatic rings. The number of amides is 1. The third-order valence-corrected chi connectivity index (χ3v) is 4.74. The Bertz CT molecular complexity index is 326. The molecule has 0 spiro atoms. The highest BCUT2D eigenvalue weighted by atomic mass is 16.5. The van der Waals surface area contributed by atoms with Crippen LogP contribution in [-0.4, -0.2) is 42.9 Å². The maximum Gasteiger partial charge on any atom is 0.225 e. The van der Waals surface area contributed by atoms with E-state index in [1.54, 1.807) is 14.0 Å². The normalized spacial score (nSPS) is 29.3. The molecule has 19 heavy (non-hydrogen) atoms. The Hall–Kier alpha value is -0.900. The minimum absolute atomic E-state index is 0.174. The molecule has 1 aliphatic heterocycles. The van der Waals surface area contributed by atoms with Crippen LogP contribution >= 0.6 is 0 Å². The van der Waals surface area contributed by atoms with E-state index in [1.807, 2.05) is 4.90 Å². The molecule has 1 heterocycles. The van der Waals surface area contributed by atoms with Crippen LogP contribution in [0.15, 0.2) is 0 Å². The van der Waals surface area contributed by atoms with E-state index < -0.39 is 0 Å². The lowest BCUT2D eigenvalue weighted by Crippen LogP contribution is -2.44. The Morgan fingerprint density at radius 2 is 1.53 bits per heavy atom. The smallest absolute Gasteiger partial charge is 0.225 e. The number of ether oxygens (including phenoxy) is 1. The molecule has 0 bridgehead atoms. The van der Waals surface area contributed by atoms with Gasteiger partial charge in [-0.2, -0.15) is 0 Å². The second-order valence-corrected chi connectivity index (χ2v) is 5.92. The molecule has 4 nitrogen and oxygen atoms in total. The van der Waals surface area contributed by atoms with Crippen molar-refractivity contribution in [3.63, 3.8) is 0 Å². The molecule has 1 aliphatic carbocycles. The third kappa shape index (κ3) is 3.56. The number of nitrogens with zero attached hydrogens (tertiary/aromatic N) is 1. The molecule has 0 aromatic heterocycles. The fourth-order valence-electron chi connectivity index (χ4n) is 3.31. The van der Waals surface area contributed by atoms with Crippen LogP contribution in [-0.2, 0) is 14.3 Å². The third-order valence-electron chi connectivity index (χ3n) is 4.74. The predicted octanol–water partition coefficient (Wildman–Crippen LogP) is 2.02. The summed E-state index contributed by atoms with van der Waals surface area (Å²) in [5.74, 6) is 0.929. The molecule has 0 radical (unpaired) electrons. The van der Waals surface area contributed by atoms with Crippen LogP contribution in [0.4, 0.5) is 0 Å². The summed E-state index contributed by atoms with van der Waals surface area (Å²) in [4.78, 5) is 25.7. The summed E-state index contributed by atoms with van der Waals surface area (Å²) >= 11 is 0. The number of likely N-dealkylation sites (tertiary alicyclic amines) is 1. The lowest BCUT2D eigenvalue weighted by Gasteiger charge is -2.35. The zero-order valence-electron chi connectivity index (χ0n) is 12.1. The van der Waals surface area contributed by atoms with E-state index >= 15 is 0 Å². The molecule has 2 rings (SSSR count). The van der Waals surface area contributed by atoms with E-state index in [0.717, 1.165) is 51.6 Å². The van der Waals surface area contributed by atoms with Gasteiger partial charge in [0.05, 0.1) is 6.10 Å². The summed E-state index contributed by atoms with van der Waals surface area (Å²) in [5.41, 5.74) is 0. The Labute approximate surface area is 115 Å². The van der Waals surface area contributed by atoms with Gasteiger partial charge in [0.1, 0.15) is 5.78 Å². The summed E-state index contributed by atoms with van der Waals surface area (Å²) in [6.45, 7) is 3.18. The van der Waals surface area contributed by atoms with E-state index in [0.29, 0.717) is 12.0 Å². The van der Waals surface area contributed by atoms with E-state index in [-0.39, 0.29) is 17.6 Å². The minimum atomic E-state index is 0.174. The standard InChI is InChI=1S/C15H25NO3/c1-11(17)12-7-9-16(10-8-12)15(18)13-3-5-14(19-2)6-4-13/h12-14H,3-10H2,1-2H3/t13-,14-. The van der Waals surface area contributed by atoms with Gasteiger partial charge in [0.25, 0.3) is 0 Å². The van der Waals surface area contributed by atoms with Gasteiger partial charge in [0, 0.05) is 32.0 Å². The van der Waals surface area contributed by atoms with Gasteiger partial charge in [-0.05, 0) is 45.4 Å². The molecule has 108 valence electrons. The van der Waals surface area contributed by atoms with E-state index in [2.05, 4.69) is 0 Å². The number of carbonyl (C=O) groups excluding carboxylic acids is 2. The largest absolute Gasteiger partial charge is 0.381 e. The number of carbonyl (C=O) groups is 2. The highest BCUT2D eigenvalue weighted by Gasteiger charge is 2.32. The number of hydrogen-bond donors (Lipinski definition) is 0. The van der Waals surface area contributed by atoms with Crippen LogP contribution in [0.1, 0.15) is 45.4 Å². The van der Waals surface area contributed by atoms with Gasteiger partial charge < -0.3 is 9.64 Å².